The van der Waals surface area contributed by atoms with Gasteiger partial charge in [0.1, 0.15) is 10.8 Å². The molecule has 1 aromatic carbocycles. The molecule has 0 bridgehead atoms. The van der Waals surface area contributed by atoms with Crippen LogP contribution in [0.3, 0.4) is 0 Å². The van der Waals surface area contributed by atoms with Crippen LogP contribution in [0.5, 0.6) is 5.75 Å². The molecule has 8 heteroatoms. The monoisotopic (exact) mass is 430 g/mol. The highest BCUT2D eigenvalue weighted by atomic mass is 32.1. The van der Waals surface area contributed by atoms with Crippen molar-refractivity contribution >= 4 is 34.2 Å². The Kier molecular flexibility index (Phi) is 7.46. The second kappa shape index (κ2) is 10.2. The van der Waals surface area contributed by atoms with Gasteiger partial charge in [0, 0.05) is 4.88 Å². The van der Waals surface area contributed by atoms with Gasteiger partial charge in [-0.2, -0.15) is 0 Å². The number of amides is 3. The van der Waals surface area contributed by atoms with E-state index in [1.165, 1.54) is 11.3 Å². The standard InChI is InChI=1S/C22H26N2O5S/c1-3-29-22(27)24-20(26)19-16-7-5-4-6-8-17(16)30-21(19)23-18(25)13-14-9-11-15(28-2)12-10-14/h9-12H,3-8,13H2,1-2H3,(H,23,25)(H,24,26,27). The average molecular weight is 431 g/mol. The fraction of sp³-hybridized carbons (Fsp3) is 0.409. The summed E-state index contributed by atoms with van der Waals surface area (Å²) in [6, 6.07) is 7.26. The molecule has 3 amide bonds. The molecule has 1 heterocycles. The van der Waals surface area contributed by atoms with Crippen LogP contribution in [-0.2, 0) is 28.8 Å². The van der Waals surface area contributed by atoms with Crippen molar-refractivity contribution in [3.63, 3.8) is 0 Å². The zero-order valence-electron chi connectivity index (χ0n) is 17.2. The van der Waals surface area contributed by atoms with E-state index < -0.39 is 12.0 Å². The number of benzene rings is 1. The Morgan fingerprint density at radius 3 is 2.50 bits per heavy atom. The number of hydrogen-bond acceptors (Lipinski definition) is 6. The van der Waals surface area contributed by atoms with E-state index in [1.807, 2.05) is 12.1 Å². The summed E-state index contributed by atoms with van der Waals surface area (Å²) in [5.41, 5.74) is 2.15. The van der Waals surface area contributed by atoms with Gasteiger partial charge in [-0.05, 0) is 55.9 Å². The van der Waals surface area contributed by atoms with E-state index in [4.69, 9.17) is 9.47 Å². The van der Waals surface area contributed by atoms with Gasteiger partial charge < -0.3 is 14.8 Å². The van der Waals surface area contributed by atoms with E-state index in [0.717, 1.165) is 53.9 Å². The highest BCUT2D eigenvalue weighted by molar-refractivity contribution is 7.17. The highest BCUT2D eigenvalue weighted by Crippen LogP contribution is 2.37. The Morgan fingerprint density at radius 1 is 1.07 bits per heavy atom. The van der Waals surface area contributed by atoms with Gasteiger partial charge in [-0.15, -0.1) is 11.3 Å². The SMILES string of the molecule is CCOC(=O)NC(=O)c1c(NC(=O)Cc2ccc(OC)cc2)sc2c1CCCCC2. The van der Waals surface area contributed by atoms with Crippen LogP contribution in [0.1, 0.15) is 52.5 Å². The van der Waals surface area contributed by atoms with Crippen molar-refractivity contribution in [2.24, 2.45) is 0 Å². The number of thiophene rings is 1. The molecule has 2 aromatic rings. The van der Waals surface area contributed by atoms with Gasteiger partial charge in [0.25, 0.3) is 5.91 Å². The Balaban J connectivity index is 1.80. The van der Waals surface area contributed by atoms with Crippen LogP contribution in [0.15, 0.2) is 24.3 Å². The minimum absolute atomic E-state index is 0.172. The Morgan fingerprint density at radius 2 is 1.80 bits per heavy atom. The molecule has 30 heavy (non-hydrogen) atoms. The quantitative estimate of drug-likeness (QED) is 0.673. The number of aryl methyl sites for hydroxylation is 1. The number of carbonyl (C=O) groups excluding carboxylic acids is 3. The van der Waals surface area contributed by atoms with Crippen molar-refractivity contribution < 1.29 is 23.9 Å². The summed E-state index contributed by atoms with van der Waals surface area (Å²) in [4.78, 5) is 38.4. The molecule has 160 valence electrons. The summed E-state index contributed by atoms with van der Waals surface area (Å²) in [6.45, 7) is 1.85. The van der Waals surface area contributed by atoms with Crippen molar-refractivity contribution in [3.05, 3.63) is 45.8 Å². The number of rotatable bonds is 6. The molecule has 0 spiro atoms. The lowest BCUT2D eigenvalue weighted by Gasteiger charge is -2.10. The average Bonchev–Trinajstić information content (AvgIpc) is 2.89. The first kappa shape index (κ1) is 21.8. The minimum atomic E-state index is -0.786. The van der Waals surface area contributed by atoms with Gasteiger partial charge in [0.15, 0.2) is 0 Å². The van der Waals surface area contributed by atoms with Crippen molar-refractivity contribution in [2.75, 3.05) is 19.0 Å². The summed E-state index contributed by atoms with van der Waals surface area (Å²) < 4.78 is 9.97. The van der Waals surface area contributed by atoms with Gasteiger partial charge >= 0.3 is 6.09 Å². The second-order valence-corrected chi connectivity index (χ2v) is 8.12. The lowest BCUT2D eigenvalue weighted by Crippen LogP contribution is -2.32. The van der Waals surface area contributed by atoms with Gasteiger partial charge in [0.05, 0.1) is 25.7 Å². The summed E-state index contributed by atoms with van der Waals surface area (Å²) >= 11 is 1.42. The first-order valence-electron chi connectivity index (χ1n) is 10.1. The molecule has 0 fully saturated rings. The van der Waals surface area contributed by atoms with Gasteiger partial charge in [0.2, 0.25) is 5.91 Å². The van der Waals surface area contributed by atoms with Crippen LogP contribution in [0, 0.1) is 0 Å². The number of methoxy groups -OCH3 is 1. The molecule has 2 N–H and O–H groups in total. The third-order valence-electron chi connectivity index (χ3n) is 4.92. The fourth-order valence-electron chi connectivity index (χ4n) is 3.49. The molecule has 0 unspecified atom stereocenters. The van der Waals surface area contributed by atoms with Crippen LogP contribution in [0.25, 0.3) is 0 Å². The number of alkyl carbamates (subject to hydrolysis) is 1. The number of fused-ring (bicyclic) bond motifs is 1. The van der Waals surface area contributed by atoms with Crippen LogP contribution >= 0.6 is 11.3 Å². The van der Waals surface area contributed by atoms with Crippen LogP contribution in [-0.4, -0.2) is 31.6 Å². The smallest absolute Gasteiger partial charge is 0.414 e. The summed E-state index contributed by atoms with van der Waals surface area (Å²) in [5, 5.41) is 5.65. The number of nitrogens with one attached hydrogen (secondary N) is 2. The Bertz CT molecular complexity index is 920. The normalized spacial score (nSPS) is 13.0. The molecule has 7 nitrogen and oxygen atoms in total. The molecule has 1 aromatic heterocycles. The second-order valence-electron chi connectivity index (χ2n) is 7.02. The first-order valence-corrected chi connectivity index (χ1v) is 10.9. The van der Waals surface area contributed by atoms with Crippen LogP contribution in [0.2, 0.25) is 0 Å². The highest BCUT2D eigenvalue weighted by Gasteiger charge is 2.27. The molecular formula is C22H26N2O5S. The Labute approximate surface area is 179 Å². The Hall–Kier alpha value is -2.87. The van der Waals surface area contributed by atoms with Crippen LogP contribution < -0.4 is 15.4 Å². The predicted molar refractivity (Wildman–Crippen MR) is 115 cm³/mol. The molecule has 0 saturated heterocycles. The molecular weight excluding hydrogens is 404 g/mol. The predicted octanol–water partition coefficient (Wildman–Crippen LogP) is 4.09. The van der Waals surface area contributed by atoms with E-state index >= 15 is 0 Å². The number of carbonyl (C=O) groups is 3. The number of anilines is 1. The number of imide groups is 1. The van der Waals surface area contributed by atoms with E-state index in [9.17, 15) is 14.4 Å². The largest absolute Gasteiger partial charge is 0.497 e. The molecule has 1 aliphatic rings. The van der Waals surface area contributed by atoms with E-state index in [0.29, 0.717) is 10.6 Å². The topological polar surface area (TPSA) is 93.7 Å². The lowest BCUT2D eigenvalue weighted by atomic mass is 10.0. The van der Waals surface area contributed by atoms with Crippen molar-refractivity contribution in [1.82, 2.24) is 5.32 Å². The third-order valence-corrected chi connectivity index (χ3v) is 6.12. The maximum Gasteiger partial charge on any atom is 0.414 e. The summed E-state index contributed by atoms with van der Waals surface area (Å²) in [5.74, 6) is -0.0339. The summed E-state index contributed by atoms with van der Waals surface area (Å²) in [6.07, 6.45) is 4.13. The molecule has 0 aliphatic heterocycles. The van der Waals surface area contributed by atoms with Gasteiger partial charge in [-0.1, -0.05) is 18.6 Å². The first-order chi connectivity index (χ1) is 14.5. The zero-order chi connectivity index (χ0) is 21.5. The lowest BCUT2D eigenvalue weighted by molar-refractivity contribution is -0.115. The number of hydrogen-bond donors (Lipinski definition) is 2. The number of ether oxygens (including phenoxy) is 2. The maximum atomic E-state index is 12.8. The minimum Gasteiger partial charge on any atom is -0.497 e. The van der Waals surface area contributed by atoms with Crippen molar-refractivity contribution in [2.45, 2.75) is 45.4 Å². The maximum absolute atomic E-state index is 12.8. The van der Waals surface area contributed by atoms with E-state index in [2.05, 4.69) is 10.6 Å². The summed E-state index contributed by atoms with van der Waals surface area (Å²) in [7, 11) is 1.59. The molecule has 0 saturated carbocycles. The van der Waals surface area contributed by atoms with Crippen molar-refractivity contribution in [3.8, 4) is 5.75 Å². The molecule has 1 aliphatic carbocycles. The van der Waals surface area contributed by atoms with E-state index in [-0.39, 0.29) is 18.9 Å². The molecule has 3 rings (SSSR count). The van der Waals surface area contributed by atoms with Crippen molar-refractivity contribution in [1.29, 1.82) is 0 Å². The van der Waals surface area contributed by atoms with E-state index in [1.54, 1.807) is 26.2 Å². The fourth-order valence-corrected chi connectivity index (χ4v) is 4.80. The van der Waals surface area contributed by atoms with Crippen LogP contribution in [0.4, 0.5) is 9.80 Å². The molecule has 0 radical (unpaired) electrons. The zero-order valence-corrected chi connectivity index (χ0v) is 18.0. The molecule has 0 atom stereocenters. The van der Waals surface area contributed by atoms with Gasteiger partial charge in [-0.3, -0.25) is 14.9 Å². The van der Waals surface area contributed by atoms with Gasteiger partial charge in [-0.25, -0.2) is 4.79 Å². The third kappa shape index (κ3) is 5.38.